The van der Waals surface area contributed by atoms with Gasteiger partial charge in [-0.15, -0.1) is 0 Å². The molecule has 1 amide bonds. The summed E-state index contributed by atoms with van der Waals surface area (Å²) in [5, 5.41) is 11.1. The number of pyridine rings is 1. The number of nitrogens with one attached hydrogen (secondary N) is 1. The summed E-state index contributed by atoms with van der Waals surface area (Å²) in [7, 11) is 0. The van der Waals surface area contributed by atoms with Crippen molar-refractivity contribution in [2.24, 2.45) is 0 Å². The monoisotopic (exact) mass is 387 g/mol. The zero-order valence-corrected chi connectivity index (χ0v) is 17.3. The van der Waals surface area contributed by atoms with Gasteiger partial charge in [0.25, 0.3) is 0 Å². The number of allylic oxidation sites excluding steroid dienone is 1. The van der Waals surface area contributed by atoms with Crippen LogP contribution in [0.1, 0.15) is 74.3 Å². The highest BCUT2D eigenvalue weighted by molar-refractivity contribution is 5.88. The standard InChI is InChI=1S/C16H21N.C9H8N2O/c1-3-8-16-13(4-2)11-15(12-17-16)14-9-6-5-7-10-14;1-7(12)11-9-4-2-8(6-10)3-5-9/h3-4,8,11-12,14H,2,5-7,9-10H2,1H3;2-5H,1H3,(H,11,12)/b8-3-;. The molecule has 1 aromatic carbocycles. The third kappa shape index (κ3) is 7.04. The lowest BCUT2D eigenvalue weighted by Crippen LogP contribution is -2.05. The normalized spacial score (nSPS) is 13.8. The zero-order valence-electron chi connectivity index (χ0n) is 17.3. The minimum absolute atomic E-state index is 0.111. The molecule has 0 atom stereocenters. The number of hydrogen-bond acceptors (Lipinski definition) is 3. The largest absolute Gasteiger partial charge is 0.326 e. The molecule has 1 saturated carbocycles. The Morgan fingerprint density at radius 3 is 2.48 bits per heavy atom. The maximum absolute atomic E-state index is 10.6. The van der Waals surface area contributed by atoms with Crippen molar-refractivity contribution < 1.29 is 4.79 Å². The molecule has 1 aliphatic rings. The molecule has 2 aromatic rings. The van der Waals surface area contributed by atoms with Crippen LogP contribution >= 0.6 is 0 Å². The number of aromatic nitrogens is 1. The van der Waals surface area contributed by atoms with E-state index in [9.17, 15) is 4.79 Å². The number of carbonyl (C=O) groups excluding carboxylic acids is 1. The second-order valence-electron chi connectivity index (χ2n) is 7.15. The van der Waals surface area contributed by atoms with Crippen molar-refractivity contribution in [1.29, 1.82) is 5.26 Å². The number of hydrogen-bond donors (Lipinski definition) is 1. The minimum Gasteiger partial charge on any atom is -0.326 e. The molecule has 1 N–H and O–H groups in total. The molecule has 1 heterocycles. The molecule has 1 fully saturated rings. The highest BCUT2D eigenvalue weighted by atomic mass is 16.1. The van der Waals surface area contributed by atoms with E-state index in [1.165, 1.54) is 44.6 Å². The number of benzene rings is 1. The van der Waals surface area contributed by atoms with Crippen molar-refractivity contribution in [2.75, 3.05) is 5.32 Å². The van der Waals surface area contributed by atoms with Crippen LogP contribution in [0.15, 0.2) is 49.2 Å². The summed E-state index contributed by atoms with van der Waals surface area (Å²) in [6, 6.07) is 11.0. The molecule has 0 unspecified atom stereocenters. The van der Waals surface area contributed by atoms with Gasteiger partial charge in [-0.3, -0.25) is 9.78 Å². The maximum Gasteiger partial charge on any atom is 0.221 e. The van der Waals surface area contributed by atoms with Gasteiger partial charge >= 0.3 is 0 Å². The predicted octanol–water partition coefficient (Wildman–Crippen LogP) is 6.32. The molecule has 0 bridgehead atoms. The molecular weight excluding hydrogens is 358 g/mol. The van der Waals surface area contributed by atoms with E-state index in [1.54, 1.807) is 24.3 Å². The maximum atomic E-state index is 10.6. The van der Waals surface area contributed by atoms with Gasteiger partial charge in [-0.1, -0.05) is 38.0 Å². The average Bonchev–Trinajstić information content (AvgIpc) is 2.75. The first-order chi connectivity index (χ1) is 14.1. The van der Waals surface area contributed by atoms with Gasteiger partial charge in [0.1, 0.15) is 0 Å². The van der Waals surface area contributed by atoms with Gasteiger partial charge in [0.2, 0.25) is 5.91 Å². The summed E-state index contributed by atoms with van der Waals surface area (Å²) in [4.78, 5) is 15.1. The molecule has 0 saturated heterocycles. The van der Waals surface area contributed by atoms with Crippen LogP contribution < -0.4 is 5.32 Å². The molecule has 0 aliphatic heterocycles. The van der Waals surface area contributed by atoms with Crippen LogP contribution in [0.25, 0.3) is 12.2 Å². The second-order valence-corrected chi connectivity index (χ2v) is 7.15. The first-order valence-electron chi connectivity index (χ1n) is 10.1. The van der Waals surface area contributed by atoms with E-state index < -0.39 is 0 Å². The van der Waals surface area contributed by atoms with Crippen LogP contribution in [-0.2, 0) is 4.79 Å². The van der Waals surface area contributed by atoms with E-state index in [4.69, 9.17) is 5.26 Å². The molecular formula is C25H29N3O. The summed E-state index contributed by atoms with van der Waals surface area (Å²) < 4.78 is 0. The number of amides is 1. The lowest BCUT2D eigenvalue weighted by Gasteiger charge is -2.22. The first kappa shape index (κ1) is 22.1. The van der Waals surface area contributed by atoms with Crippen molar-refractivity contribution in [3.8, 4) is 6.07 Å². The molecule has 4 heteroatoms. The Balaban J connectivity index is 0.000000221. The molecule has 1 aromatic heterocycles. The molecule has 0 spiro atoms. The van der Waals surface area contributed by atoms with E-state index in [1.807, 2.05) is 31.2 Å². The minimum atomic E-state index is -0.111. The molecule has 1 aliphatic carbocycles. The van der Waals surface area contributed by atoms with Gasteiger partial charge in [-0.2, -0.15) is 5.26 Å². The van der Waals surface area contributed by atoms with E-state index in [2.05, 4.69) is 29.1 Å². The second kappa shape index (κ2) is 11.6. The van der Waals surface area contributed by atoms with Gasteiger partial charge in [0.05, 0.1) is 17.3 Å². The number of anilines is 1. The predicted molar refractivity (Wildman–Crippen MR) is 120 cm³/mol. The van der Waals surface area contributed by atoms with Gasteiger partial charge < -0.3 is 5.32 Å². The number of rotatable bonds is 4. The summed E-state index contributed by atoms with van der Waals surface area (Å²) in [6.45, 7) is 7.35. The number of nitrogens with zero attached hydrogens (tertiary/aromatic N) is 2. The smallest absolute Gasteiger partial charge is 0.221 e. The van der Waals surface area contributed by atoms with Crippen molar-refractivity contribution in [3.63, 3.8) is 0 Å². The topological polar surface area (TPSA) is 65.8 Å². The molecule has 29 heavy (non-hydrogen) atoms. The molecule has 3 rings (SSSR count). The molecule has 4 nitrogen and oxygen atoms in total. The fraction of sp³-hybridized carbons (Fsp3) is 0.320. The van der Waals surface area contributed by atoms with Crippen molar-refractivity contribution in [2.45, 2.75) is 51.9 Å². The van der Waals surface area contributed by atoms with Crippen molar-refractivity contribution in [3.05, 3.63) is 71.6 Å². The van der Waals surface area contributed by atoms with E-state index in [-0.39, 0.29) is 5.91 Å². The summed E-state index contributed by atoms with van der Waals surface area (Å²) >= 11 is 0. The summed E-state index contributed by atoms with van der Waals surface area (Å²) in [6.07, 6.45) is 14.8. The lowest BCUT2D eigenvalue weighted by molar-refractivity contribution is -0.114. The van der Waals surface area contributed by atoms with Crippen LogP contribution in [0, 0.1) is 11.3 Å². The molecule has 150 valence electrons. The number of nitriles is 1. The Morgan fingerprint density at radius 1 is 1.24 bits per heavy atom. The van der Waals surface area contributed by atoms with Crippen LogP contribution in [-0.4, -0.2) is 10.9 Å². The third-order valence-electron chi connectivity index (χ3n) is 4.93. The van der Waals surface area contributed by atoms with Crippen LogP contribution in [0.3, 0.4) is 0 Å². The van der Waals surface area contributed by atoms with Crippen molar-refractivity contribution >= 4 is 23.7 Å². The summed E-state index contributed by atoms with van der Waals surface area (Å²) in [5.41, 5.74) is 4.88. The van der Waals surface area contributed by atoms with E-state index in [0.29, 0.717) is 11.3 Å². The van der Waals surface area contributed by atoms with E-state index in [0.717, 1.165) is 17.2 Å². The first-order valence-corrected chi connectivity index (χ1v) is 10.1. The average molecular weight is 388 g/mol. The van der Waals surface area contributed by atoms with Gasteiger partial charge in [-0.25, -0.2) is 0 Å². The van der Waals surface area contributed by atoms with Gasteiger partial charge in [-0.05, 0) is 73.2 Å². The SMILES string of the molecule is C=Cc1cc(C2CCCCC2)cnc1/C=C\C.CC(=O)Nc1ccc(C#N)cc1. The Labute approximate surface area is 174 Å². The third-order valence-corrected chi connectivity index (χ3v) is 4.93. The Morgan fingerprint density at radius 2 is 1.93 bits per heavy atom. The number of carbonyl (C=O) groups is 1. The lowest BCUT2D eigenvalue weighted by atomic mass is 9.84. The van der Waals surface area contributed by atoms with Crippen molar-refractivity contribution in [1.82, 2.24) is 4.98 Å². The quantitative estimate of drug-likeness (QED) is 0.667. The van der Waals surface area contributed by atoms with Crippen LogP contribution in [0.4, 0.5) is 5.69 Å². The van der Waals surface area contributed by atoms with Gasteiger partial charge in [0, 0.05) is 18.8 Å². The van der Waals surface area contributed by atoms with Crippen LogP contribution in [0.5, 0.6) is 0 Å². The Bertz CT molecular complexity index is 885. The highest BCUT2D eigenvalue weighted by Gasteiger charge is 2.16. The fourth-order valence-electron chi connectivity index (χ4n) is 3.46. The summed E-state index contributed by atoms with van der Waals surface area (Å²) in [5.74, 6) is 0.606. The fourth-order valence-corrected chi connectivity index (χ4v) is 3.46. The highest BCUT2D eigenvalue weighted by Crippen LogP contribution is 2.33. The van der Waals surface area contributed by atoms with Crippen LogP contribution in [0.2, 0.25) is 0 Å². The Hall–Kier alpha value is -3.19. The zero-order chi connectivity index (χ0) is 21.1. The van der Waals surface area contributed by atoms with Gasteiger partial charge in [0.15, 0.2) is 0 Å². The van der Waals surface area contributed by atoms with E-state index >= 15 is 0 Å². The molecule has 0 radical (unpaired) electrons. The Kier molecular flexibility index (Phi) is 8.85.